The molecule has 0 unspecified atom stereocenters. The van der Waals surface area contributed by atoms with Crippen LogP contribution < -0.4 is 5.14 Å². The van der Waals surface area contributed by atoms with Crippen LogP contribution in [0, 0.1) is 0 Å². The van der Waals surface area contributed by atoms with E-state index in [9.17, 15) is 13.2 Å². The molecule has 0 aromatic heterocycles. The zero-order valence-corrected chi connectivity index (χ0v) is 11.9. The minimum absolute atomic E-state index is 0.156. The normalized spacial score (nSPS) is 23.5. The van der Waals surface area contributed by atoms with Gasteiger partial charge < -0.3 is 4.90 Å². The van der Waals surface area contributed by atoms with Gasteiger partial charge in [-0.2, -0.15) is 12.7 Å². The smallest absolute Gasteiger partial charge is 0.276 e. The fourth-order valence-corrected chi connectivity index (χ4v) is 3.25. The molecule has 0 spiro atoms. The second-order valence-corrected chi connectivity index (χ2v) is 6.71. The molecule has 7 nitrogen and oxygen atoms in total. The minimum atomic E-state index is -3.59. The van der Waals surface area contributed by atoms with Crippen LogP contribution in [-0.2, 0) is 15.0 Å². The maximum atomic E-state index is 12.1. The molecule has 2 saturated heterocycles. The van der Waals surface area contributed by atoms with E-state index in [1.807, 2.05) is 9.80 Å². The van der Waals surface area contributed by atoms with Gasteiger partial charge in [-0.05, 0) is 19.3 Å². The third kappa shape index (κ3) is 4.13. The molecule has 8 heteroatoms. The number of nitrogens with zero attached hydrogens (tertiary/aromatic N) is 3. The predicted molar refractivity (Wildman–Crippen MR) is 71.6 cm³/mol. The van der Waals surface area contributed by atoms with Crippen molar-refractivity contribution in [3.63, 3.8) is 0 Å². The van der Waals surface area contributed by atoms with Crippen molar-refractivity contribution in [1.82, 2.24) is 14.1 Å². The van der Waals surface area contributed by atoms with Crippen LogP contribution in [0.25, 0.3) is 0 Å². The molecule has 0 aliphatic carbocycles. The van der Waals surface area contributed by atoms with E-state index >= 15 is 0 Å². The number of hydrogen-bond donors (Lipinski definition) is 1. The van der Waals surface area contributed by atoms with Crippen LogP contribution in [-0.4, -0.2) is 74.2 Å². The Hall–Kier alpha value is -0.700. The molecule has 0 aromatic carbocycles. The fourth-order valence-electron chi connectivity index (χ4n) is 2.58. The zero-order valence-electron chi connectivity index (χ0n) is 11.1. The number of carbonyl (C=O) groups is 1. The Kier molecular flexibility index (Phi) is 4.77. The summed E-state index contributed by atoms with van der Waals surface area (Å²) in [4.78, 5) is 16.0. The molecular formula is C11H22N4O3S. The molecule has 0 saturated carbocycles. The number of hydrogen-bond acceptors (Lipinski definition) is 4. The van der Waals surface area contributed by atoms with E-state index in [0.717, 1.165) is 25.9 Å². The van der Waals surface area contributed by atoms with E-state index in [4.69, 9.17) is 5.14 Å². The Morgan fingerprint density at radius 3 is 2.05 bits per heavy atom. The summed E-state index contributed by atoms with van der Waals surface area (Å²) in [6.07, 6.45) is 3.38. The highest BCUT2D eigenvalue weighted by atomic mass is 32.2. The summed E-state index contributed by atoms with van der Waals surface area (Å²) in [5.74, 6) is 0.156. The van der Waals surface area contributed by atoms with Crippen molar-refractivity contribution in [3.8, 4) is 0 Å². The molecule has 110 valence electrons. The summed E-state index contributed by atoms with van der Waals surface area (Å²) >= 11 is 0. The van der Waals surface area contributed by atoms with Gasteiger partial charge in [0, 0.05) is 39.3 Å². The lowest BCUT2D eigenvalue weighted by Crippen LogP contribution is -2.53. The number of likely N-dealkylation sites (tertiary alicyclic amines) is 1. The molecular weight excluding hydrogens is 268 g/mol. The summed E-state index contributed by atoms with van der Waals surface area (Å²) in [5.41, 5.74) is 0. The Morgan fingerprint density at radius 1 is 0.947 bits per heavy atom. The van der Waals surface area contributed by atoms with Gasteiger partial charge >= 0.3 is 0 Å². The molecule has 2 rings (SSSR count). The van der Waals surface area contributed by atoms with E-state index in [2.05, 4.69) is 0 Å². The van der Waals surface area contributed by atoms with Crippen LogP contribution >= 0.6 is 0 Å². The van der Waals surface area contributed by atoms with Crippen LogP contribution in [0.15, 0.2) is 0 Å². The van der Waals surface area contributed by atoms with Crippen LogP contribution in [0.1, 0.15) is 19.3 Å². The van der Waals surface area contributed by atoms with E-state index in [-0.39, 0.29) is 5.91 Å². The van der Waals surface area contributed by atoms with Crippen LogP contribution in [0.4, 0.5) is 0 Å². The fraction of sp³-hybridized carbons (Fsp3) is 0.909. The molecule has 2 N–H and O–H groups in total. The van der Waals surface area contributed by atoms with Crippen LogP contribution in [0.5, 0.6) is 0 Å². The van der Waals surface area contributed by atoms with Gasteiger partial charge in [0.2, 0.25) is 5.91 Å². The highest BCUT2D eigenvalue weighted by Gasteiger charge is 2.26. The number of rotatable bonds is 3. The molecule has 0 aromatic rings. The second kappa shape index (κ2) is 6.17. The lowest BCUT2D eigenvalue weighted by Gasteiger charge is -2.34. The lowest BCUT2D eigenvalue weighted by atomic mass is 10.1. The van der Waals surface area contributed by atoms with E-state index in [1.165, 1.54) is 10.7 Å². The highest BCUT2D eigenvalue weighted by Crippen LogP contribution is 2.10. The Morgan fingerprint density at radius 2 is 1.53 bits per heavy atom. The van der Waals surface area contributed by atoms with Crippen molar-refractivity contribution in [3.05, 3.63) is 0 Å². The van der Waals surface area contributed by atoms with Crippen molar-refractivity contribution in [2.45, 2.75) is 19.3 Å². The van der Waals surface area contributed by atoms with E-state index in [0.29, 0.717) is 32.7 Å². The number of carbonyl (C=O) groups excluding carboxylic acids is 1. The van der Waals surface area contributed by atoms with Gasteiger partial charge in [0.15, 0.2) is 0 Å². The summed E-state index contributed by atoms with van der Waals surface area (Å²) in [6.45, 7) is 3.97. The zero-order chi connectivity index (χ0) is 13.9. The lowest BCUT2D eigenvalue weighted by molar-refractivity contribution is -0.133. The van der Waals surface area contributed by atoms with Gasteiger partial charge in [-0.1, -0.05) is 0 Å². The molecule has 1 amide bonds. The van der Waals surface area contributed by atoms with Crippen molar-refractivity contribution in [1.29, 1.82) is 0 Å². The Balaban J connectivity index is 1.77. The molecule has 19 heavy (non-hydrogen) atoms. The molecule has 2 aliphatic heterocycles. The maximum Gasteiger partial charge on any atom is 0.276 e. The van der Waals surface area contributed by atoms with Gasteiger partial charge in [-0.15, -0.1) is 0 Å². The summed E-state index contributed by atoms with van der Waals surface area (Å²) in [6, 6.07) is 0. The minimum Gasteiger partial charge on any atom is -0.342 e. The highest BCUT2D eigenvalue weighted by molar-refractivity contribution is 7.86. The summed E-state index contributed by atoms with van der Waals surface area (Å²) in [7, 11) is -3.59. The van der Waals surface area contributed by atoms with Gasteiger partial charge in [0.05, 0.1) is 6.54 Å². The maximum absolute atomic E-state index is 12.1. The van der Waals surface area contributed by atoms with Crippen molar-refractivity contribution >= 4 is 16.1 Å². The van der Waals surface area contributed by atoms with E-state index in [1.54, 1.807) is 0 Å². The molecule has 0 radical (unpaired) electrons. The van der Waals surface area contributed by atoms with Gasteiger partial charge in [-0.25, -0.2) is 5.14 Å². The average Bonchev–Trinajstić information content (AvgIpc) is 2.39. The standard InChI is InChI=1S/C11H22N4O3S/c12-19(17,18)15-8-6-13(7-9-15)10-11(16)14-4-2-1-3-5-14/h1-10H2,(H2,12,17,18). The van der Waals surface area contributed by atoms with Gasteiger partial charge in [0.1, 0.15) is 0 Å². The third-order valence-corrected chi connectivity index (χ3v) is 4.84. The average molecular weight is 290 g/mol. The van der Waals surface area contributed by atoms with Crippen molar-refractivity contribution in [2.24, 2.45) is 5.14 Å². The molecule has 2 fully saturated rings. The summed E-state index contributed by atoms with van der Waals surface area (Å²) in [5, 5.41) is 5.08. The van der Waals surface area contributed by atoms with Crippen LogP contribution in [0.3, 0.4) is 0 Å². The number of amides is 1. The number of nitrogens with two attached hydrogens (primary N) is 1. The first-order valence-electron chi connectivity index (χ1n) is 6.75. The number of piperazine rings is 1. The first kappa shape index (κ1) is 14.7. The SMILES string of the molecule is NS(=O)(=O)N1CCN(CC(=O)N2CCCCC2)CC1. The van der Waals surface area contributed by atoms with Crippen molar-refractivity contribution in [2.75, 3.05) is 45.8 Å². The van der Waals surface area contributed by atoms with Crippen molar-refractivity contribution < 1.29 is 13.2 Å². The Bertz CT molecular complexity index is 412. The summed E-state index contributed by atoms with van der Waals surface area (Å²) < 4.78 is 23.6. The Labute approximate surface area is 114 Å². The van der Waals surface area contributed by atoms with Gasteiger partial charge in [-0.3, -0.25) is 9.69 Å². The molecule has 2 heterocycles. The first-order valence-corrected chi connectivity index (χ1v) is 8.25. The monoisotopic (exact) mass is 290 g/mol. The first-order chi connectivity index (χ1) is 8.97. The van der Waals surface area contributed by atoms with E-state index < -0.39 is 10.2 Å². The molecule has 2 aliphatic rings. The quantitative estimate of drug-likeness (QED) is 0.709. The molecule has 0 atom stereocenters. The third-order valence-electron chi connectivity index (χ3n) is 3.76. The van der Waals surface area contributed by atoms with Gasteiger partial charge in [0.25, 0.3) is 10.2 Å². The van der Waals surface area contributed by atoms with Crippen LogP contribution in [0.2, 0.25) is 0 Å². The molecule has 0 bridgehead atoms. The predicted octanol–water partition coefficient (Wildman–Crippen LogP) is -1.18. The largest absolute Gasteiger partial charge is 0.342 e. The second-order valence-electron chi connectivity index (χ2n) is 5.16. The topological polar surface area (TPSA) is 87.0 Å². The number of piperidine rings is 1.